The Morgan fingerprint density at radius 1 is 0.756 bits per heavy atom. The molecule has 5 unspecified atom stereocenters. The van der Waals surface area contributed by atoms with Gasteiger partial charge >= 0.3 is 0 Å². The maximum Gasteiger partial charge on any atom is 0.256 e. The molecule has 0 radical (unpaired) electrons. The summed E-state index contributed by atoms with van der Waals surface area (Å²) in [5.41, 5.74) is 1.95. The van der Waals surface area contributed by atoms with Crippen LogP contribution >= 0.6 is 0 Å². The summed E-state index contributed by atoms with van der Waals surface area (Å²) in [6.45, 7) is 5.83. The van der Waals surface area contributed by atoms with Crippen molar-refractivity contribution in [3.8, 4) is 23.0 Å². The van der Waals surface area contributed by atoms with Gasteiger partial charge in [-0.3, -0.25) is 14.4 Å². The number of ether oxygens (including phenoxy) is 4. The average Bonchev–Trinajstić information content (AvgIpc) is 3.60. The van der Waals surface area contributed by atoms with Gasteiger partial charge in [-0.2, -0.15) is 0 Å². The molecular weight excluding hydrogens is 580 g/mol. The van der Waals surface area contributed by atoms with Crippen LogP contribution in [0.5, 0.6) is 23.0 Å². The fourth-order valence-corrected chi connectivity index (χ4v) is 7.14. The fraction of sp³-hybridized carbons (Fsp3) is 0.545. The van der Waals surface area contributed by atoms with Crippen molar-refractivity contribution in [3.05, 3.63) is 35.4 Å². The van der Waals surface area contributed by atoms with Gasteiger partial charge in [-0.15, -0.1) is 0 Å². The quantitative estimate of drug-likeness (QED) is 0.443. The van der Waals surface area contributed by atoms with Crippen LogP contribution < -0.4 is 28.7 Å². The molecule has 2 saturated heterocycles. The van der Waals surface area contributed by atoms with Crippen molar-refractivity contribution in [1.82, 2.24) is 9.80 Å². The molecule has 0 bridgehead atoms. The molecule has 1 N–H and O–H groups in total. The summed E-state index contributed by atoms with van der Waals surface area (Å²) in [6, 6.07) is 6.02. The number of fused-ring (bicyclic) bond motifs is 4. The van der Waals surface area contributed by atoms with Crippen molar-refractivity contribution in [2.45, 2.75) is 51.4 Å². The van der Waals surface area contributed by atoms with Crippen LogP contribution in [0, 0.1) is 11.8 Å². The van der Waals surface area contributed by atoms with Gasteiger partial charge in [0.05, 0.1) is 56.0 Å². The van der Waals surface area contributed by atoms with E-state index in [4.69, 9.17) is 18.9 Å². The Morgan fingerprint density at radius 2 is 1.29 bits per heavy atom. The first kappa shape index (κ1) is 30.8. The normalized spacial score (nSPS) is 25.8. The molecule has 12 heteroatoms. The Balaban J connectivity index is 1.15. The second kappa shape index (κ2) is 12.0. The lowest BCUT2D eigenvalue weighted by atomic mass is 10.1. The van der Waals surface area contributed by atoms with E-state index in [2.05, 4.69) is 6.92 Å². The van der Waals surface area contributed by atoms with Crippen LogP contribution in [0.1, 0.15) is 53.8 Å². The number of amides is 3. The van der Waals surface area contributed by atoms with Gasteiger partial charge in [0.2, 0.25) is 5.91 Å². The molecule has 4 aliphatic rings. The third kappa shape index (κ3) is 5.28. The molecule has 2 aromatic carbocycles. The van der Waals surface area contributed by atoms with Crippen LogP contribution in [0.4, 0.5) is 11.4 Å². The Hall–Kier alpha value is -4.19. The highest BCUT2D eigenvalue weighted by atomic mass is 16.5. The Bertz CT molecular complexity index is 1510. The van der Waals surface area contributed by atoms with Crippen molar-refractivity contribution in [2.75, 3.05) is 64.4 Å². The number of aliphatic hydroxyl groups is 1. The molecule has 4 aliphatic heterocycles. The van der Waals surface area contributed by atoms with Crippen LogP contribution in [-0.4, -0.2) is 106 Å². The van der Waals surface area contributed by atoms with E-state index in [1.807, 2.05) is 6.92 Å². The number of nitrogens with zero attached hydrogens (tertiary/aromatic N) is 4. The third-order valence-electron chi connectivity index (χ3n) is 9.51. The number of carbonyl (C=O) groups is 3. The highest BCUT2D eigenvalue weighted by molar-refractivity contribution is 6.11. The molecule has 0 spiro atoms. The predicted molar refractivity (Wildman–Crippen MR) is 167 cm³/mol. The third-order valence-corrected chi connectivity index (χ3v) is 9.51. The first-order valence-electron chi connectivity index (χ1n) is 15.5. The molecule has 0 aliphatic carbocycles. The number of carbonyl (C=O) groups excluding carboxylic acids is 3. The lowest BCUT2D eigenvalue weighted by Crippen LogP contribution is -2.47. The highest BCUT2D eigenvalue weighted by Gasteiger charge is 2.45. The van der Waals surface area contributed by atoms with Crippen LogP contribution in [0.25, 0.3) is 0 Å². The van der Waals surface area contributed by atoms with Crippen molar-refractivity contribution in [3.63, 3.8) is 0 Å². The molecule has 242 valence electrons. The zero-order valence-corrected chi connectivity index (χ0v) is 26.7. The number of aliphatic hydroxyl groups excluding tert-OH is 1. The minimum Gasteiger partial charge on any atom is -0.493 e. The van der Waals surface area contributed by atoms with Gasteiger partial charge in [0.15, 0.2) is 23.0 Å². The molecule has 2 aromatic rings. The molecule has 3 amide bonds. The van der Waals surface area contributed by atoms with Gasteiger partial charge < -0.3 is 43.7 Å². The zero-order valence-electron chi connectivity index (χ0n) is 26.7. The van der Waals surface area contributed by atoms with Gasteiger partial charge in [-0.1, -0.05) is 13.8 Å². The summed E-state index contributed by atoms with van der Waals surface area (Å²) in [5.74, 6) is 1.86. The minimum atomic E-state index is -0.837. The Morgan fingerprint density at radius 3 is 1.91 bits per heavy atom. The van der Waals surface area contributed by atoms with E-state index in [0.717, 1.165) is 6.42 Å². The van der Waals surface area contributed by atoms with E-state index in [1.165, 1.54) is 14.2 Å². The Labute approximate surface area is 263 Å². The number of benzene rings is 2. The van der Waals surface area contributed by atoms with Crippen LogP contribution in [0.2, 0.25) is 0 Å². The molecule has 45 heavy (non-hydrogen) atoms. The molecule has 0 saturated carbocycles. The van der Waals surface area contributed by atoms with Gasteiger partial charge in [0.1, 0.15) is 12.3 Å². The van der Waals surface area contributed by atoms with E-state index in [0.29, 0.717) is 77.3 Å². The van der Waals surface area contributed by atoms with Crippen molar-refractivity contribution in [1.29, 1.82) is 0 Å². The summed E-state index contributed by atoms with van der Waals surface area (Å²) in [5, 5.41) is 11.1. The van der Waals surface area contributed by atoms with E-state index in [9.17, 15) is 19.5 Å². The number of anilines is 2. The second-order valence-corrected chi connectivity index (χ2v) is 12.7. The standard InChI is InChI=1S/C33H42N4O8/c1-18-10-24-32(40)34(3)22-14-28(26(42-5)12-20(22)30(38)36(24)16-18)44-8-7-9-45-29-15-23-21(13-27(29)43-6)31(39)37-17-19(2)11-25(37)33(41)35(23)4/h12-15,18-19,24-25,32,40H,7-11,16-17H2,1-6H3. The predicted octanol–water partition coefficient (Wildman–Crippen LogP) is 3.00. The van der Waals surface area contributed by atoms with Crippen LogP contribution in [0.15, 0.2) is 24.3 Å². The topological polar surface area (TPSA) is 121 Å². The van der Waals surface area contributed by atoms with Gasteiger partial charge in [0, 0.05) is 45.7 Å². The number of hydrogen-bond acceptors (Lipinski definition) is 9. The smallest absolute Gasteiger partial charge is 0.256 e. The zero-order chi connectivity index (χ0) is 32.2. The number of rotatable bonds is 8. The van der Waals surface area contributed by atoms with Crippen molar-refractivity contribution in [2.24, 2.45) is 11.8 Å². The number of methoxy groups -OCH3 is 2. The van der Waals surface area contributed by atoms with Crippen LogP contribution in [0.3, 0.4) is 0 Å². The van der Waals surface area contributed by atoms with E-state index >= 15 is 0 Å². The van der Waals surface area contributed by atoms with E-state index in [1.54, 1.807) is 58.0 Å². The van der Waals surface area contributed by atoms with E-state index in [-0.39, 0.29) is 42.9 Å². The lowest BCUT2D eigenvalue weighted by Gasteiger charge is -2.31. The first-order chi connectivity index (χ1) is 21.5. The number of likely N-dealkylation sites (N-methyl/N-ethyl adjacent to an activating group) is 2. The molecule has 12 nitrogen and oxygen atoms in total. The fourth-order valence-electron chi connectivity index (χ4n) is 7.14. The van der Waals surface area contributed by atoms with E-state index < -0.39 is 12.3 Å². The second-order valence-electron chi connectivity index (χ2n) is 12.7. The maximum absolute atomic E-state index is 13.5. The average molecular weight is 623 g/mol. The summed E-state index contributed by atoms with van der Waals surface area (Å²) >= 11 is 0. The molecule has 6 rings (SSSR count). The molecular formula is C33H42N4O8. The van der Waals surface area contributed by atoms with Gasteiger partial charge in [0.25, 0.3) is 11.8 Å². The first-order valence-corrected chi connectivity index (χ1v) is 15.5. The monoisotopic (exact) mass is 622 g/mol. The summed E-state index contributed by atoms with van der Waals surface area (Å²) in [4.78, 5) is 46.9. The molecule has 2 fully saturated rings. The summed E-state index contributed by atoms with van der Waals surface area (Å²) in [7, 11) is 6.51. The van der Waals surface area contributed by atoms with Crippen LogP contribution in [-0.2, 0) is 4.79 Å². The van der Waals surface area contributed by atoms with Crippen molar-refractivity contribution < 1.29 is 38.4 Å². The SMILES string of the molecule is COc1cc2c(cc1OCCCOc1cc3c(cc1OC)C(=O)N1CC(C)CC1C(O)N3C)N(C)C(=O)C1CC(C)CN1C2=O. The molecule has 4 heterocycles. The Kier molecular flexibility index (Phi) is 8.19. The summed E-state index contributed by atoms with van der Waals surface area (Å²) < 4.78 is 23.3. The minimum absolute atomic E-state index is 0.111. The van der Waals surface area contributed by atoms with Crippen molar-refractivity contribution >= 4 is 29.1 Å². The molecule has 0 aromatic heterocycles. The highest BCUT2D eigenvalue weighted by Crippen LogP contribution is 2.42. The number of hydrogen-bond donors (Lipinski definition) is 1. The van der Waals surface area contributed by atoms with Gasteiger partial charge in [-0.25, -0.2) is 0 Å². The van der Waals surface area contributed by atoms with Gasteiger partial charge in [-0.05, 0) is 36.8 Å². The maximum atomic E-state index is 13.5. The lowest BCUT2D eigenvalue weighted by molar-refractivity contribution is -0.121. The summed E-state index contributed by atoms with van der Waals surface area (Å²) in [6.07, 6.45) is 1.04. The largest absolute Gasteiger partial charge is 0.493 e. The molecule has 5 atom stereocenters.